The van der Waals surface area contributed by atoms with Gasteiger partial charge in [-0.2, -0.15) is 0 Å². The van der Waals surface area contributed by atoms with Crippen molar-refractivity contribution in [1.29, 1.82) is 0 Å². The molecule has 17 heavy (non-hydrogen) atoms. The van der Waals surface area contributed by atoms with Crippen LogP contribution in [0.1, 0.15) is 5.56 Å². The topological polar surface area (TPSA) is 65.8 Å². The lowest BCUT2D eigenvalue weighted by molar-refractivity contribution is -0.862. The molecular formula is C12H17N4O+. The molecule has 0 aromatic heterocycles. The highest BCUT2D eigenvalue weighted by molar-refractivity contribution is 5.82. The van der Waals surface area contributed by atoms with Crippen molar-refractivity contribution in [1.82, 2.24) is 0 Å². The average Bonchev–Trinajstić information content (AvgIpc) is 2.18. The van der Waals surface area contributed by atoms with Gasteiger partial charge < -0.3 is 4.48 Å². The van der Waals surface area contributed by atoms with Crippen molar-refractivity contribution in [2.45, 2.75) is 6.42 Å². The van der Waals surface area contributed by atoms with E-state index in [9.17, 15) is 4.79 Å². The highest BCUT2D eigenvalue weighted by Gasteiger charge is 2.14. The first-order chi connectivity index (χ1) is 7.90. The predicted molar refractivity (Wildman–Crippen MR) is 66.9 cm³/mol. The van der Waals surface area contributed by atoms with Crippen LogP contribution in [0.5, 0.6) is 0 Å². The number of azide groups is 1. The number of quaternary nitrogens is 1. The van der Waals surface area contributed by atoms with Crippen molar-refractivity contribution in [2.24, 2.45) is 5.11 Å². The second kappa shape index (κ2) is 5.48. The largest absolute Gasteiger partial charge is 0.325 e. The number of Topliss-reactive ketones (excluding diaryl/α,β-unsaturated/α-hetero) is 1. The highest BCUT2D eigenvalue weighted by Crippen LogP contribution is 2.13. The molecular weight excluding hydrogens is 216 g/mol. The summed E-state index contributed by atoms with van der Waals surface area (Å²) in [5, 5.41) is 3.48. The molecule has 0 saturated heterocycles. The number of carbonyl (C=O) groups is 1. The van der Waals surface area contributed by atoms with Gasteiger partial charge in [-0.25, -0.2) is 0 Å². The monoisotopic (exact) mass is 233 g/mol. The van der Waals surface area contributed by atoms with E-state index in [1.54, 1.807) is 12.1 Å². The summed E-state index contributed by atoms with van der Waals surface area (Å²) >= 11 is 0. The molecule has 1 aromatic rings. The van der Waals surface area contributed by atoms with E-state index in [2.05, 4.69) is 10.0 Å². The number of benzene rings is 1. The number of likely N-dealkylation sites (N-methyl/N-ethyl adjacent to an activating group) is 1. The van der Waals surface area contributed by atoms with Crippen LogP contribution >= 0.6 is 0 Å². The van der Waals surface area contributed by atoms with Gasteiger partial charge in [-0.1, -0.05) is 29.4 Å². The van der Waals surface area contributed by atoms with Gasteiger partial charge >= 0.3 is 0 Å². The van der Waals surface area contributed by atoms with Gasteiger partial charge in [0.2, 0.25) is 0 Å². The fourth-order valence-electron chi connectivity index (χ4n) is 1.54. The Morgan fingerprint density at radius 3 is 2.35 bits per heavy atom. The molecule has 90 valence electrons. The Bertz CT molecular complexity index is 439. The molecule has 5 heteroatoms. The number of hydrogen-bond acceptors (Lipinski definition) is 2. The zero-order valence-electron chi connectivity index (χ0n) is 10.4. The van der Waals surface area contributed by atoms with E-state index in [4.69, 9.17) is 5.53 Å². The van der Waals surface area contributed by atoms with Crippen molar-refractivity contribution in [3.63, 3.8) is 0 Å². The van der Waals surface area contributed by atoms with Crippen LogP contribution in [-0.2, 0) is 11.2 Å². The Hall–Kier alpha value is -1.84. The van der Waals surface area contributed by atoms with E-state index in [0.717, 1.165) is 5.56 Å². The molecule has 0 saturated carbocycles. The van der Waals surface area contributed by atoms with E-state index in [1.807, 2.05) is 33.3 Å². The van der Waals surface area contributed by atoms with Crippen molar-refractivity contribution in [3.05, 3.63) is 40.3 Å². The van der Waals surface area contributed by atoms with Gasteiger partial charge in [0.1, 0.15) is 6.54 Å². The molecule has 0 unspecified atom stereocenters. The molecule has 0 aliphatic rings. The first-order valence-corrected chi connectivity index (χ1v) is 5.37. The first kappa shape index (κ1) is 13.2. The zero-order chi connectivity index (χ0) is 12.9. The lowest BCUT2D eigenvalue weighted by Crippen LogP contribution is -2.40. The van der Waals surface area contributed by atoms with Crippen LogP contribution in [-0.4, -0.2) is 38.0 Å². The smallest absolute Gasteiger partial charge is 0.191 e. The maximum absolute atomic E-state index is 11.7. The Morgan fingerprint density at radius 2 is 1.88 bits per heavy atom. The Labute approximate surface area is 101 Å². The Morgan fingerprint density at radius 1 is 1.29 bits per heavy atom. The fraction of sp³-hybridized carbons (Fsp3) is 0.417. The minimum Gasteiger partial charge on any atom is -0.325 e. The summed E-state index contributed by atoms with van der Waals surface area (Å²) < 4.78 is 0.635. The quantitative estimate of drug-likeness (QED) is 0.333. The molecule has 0 atom stereocenters. The summed E-state index contributed by atoms with van der Waals surface area (Å²) in [6.07, 6.45) is 0.423. The number of hydrogen-bond donors (Lipinski definition) is 0. The van der Waals surface area contributed by atoms with Crippen LogP contribution < -0.4 is 0 Å². The maximum atomic E-state index is 11.7. The van der Waals surface area contributed by atoms with E-state index in [-0.39, 0.29) is 5.78 Å². The number of ketones is 1. The summed E-state index contributed by atoms with van der Waals surface area (Å²) in [6, 6.07) is 7.07. The molecule has 0 aliphatic carbocycles. The summed E-state index contributed by atoms with van der Waals surface area (Å²) in [7, 11) is 5.97. The van der Waals surface area contributed by atoms with Crippen molar-refractivity contribution in [3.8, 4) is 0 Å². The highest BCUT2D eigenvalue weighted by atomic mass is 16.1. The van der Waals surface area contributed by atoms with Gasteiger partial charge in [0.05, 0.1) is 21.1 Å². The lowest BCUT2D eigenvalue weighted by atomic mass is 10.1. The van der Waals surface area contributed by atoms with Crippen LogP contribution in [0.3, 0.4) is 0 Å². The fourth-order valence-corrected chi connectivity index (χ4v) is 1.54. The second-order valence-corrected chi connectivity index (χ2v) is 5.02. The summed E-state index contributed by atoms with van der Waals surface area (Å²) in [5.41, 5.74) is 9.77. The zero-order valence-corrected chi connectivity index (χ0v) is 10.4. The molecule has 0 spiro atoms. The van der Waals surface area contributed by atoms with E-state index in [0.29, 0.717) is 23.1 Å². The minimum absolute atomic E-state index is 0.203. The molecule has 0 aliphatic heterocycles. The molecule has 0 bridgehead atoms. The molecule has 5 nitrogen and oxygen atoms in total. The molecule has 0 amide bonds. The Kier molecular flexibility index (Phi) is 4.26. The molecule has 1 rings (SSSR count). The van der Waals surface area contributed by atoms with E-state index >= 15 is 0 Å². The summed E-state index contributed by atoms with van der Waals surface area (Å²) in [6.45, 7) is 0.512. The third-order valence-corrected chi connectivity index (χ3v) is 2.15. The van der Waals surface area contributed by atoms with Gasteiger partial charge in [0.15, 0.2) is 5.78 Å². The van der Waals surface area contributed by atoms with Gasteiger partial charge in [-0.15, -0.1) is 0 Å². The van der Waals surface area contributed by atoms with Crippen LogP contribution in [0, 0.1) is 0 Å². The van der Waals surface area contributed by atoms with Crippen LogP contribution in [0.15, 0.2) is 29.4 Å². The average molecular weight is 233 g/mol. The third kappa shape index (κ3) is 5.15. The molecule has 0 N–H and O–H groups in total. The van der Waals surface area contributed by atoms with Gasteiger partial charge in [0, 0.05) is 17.0 Å². The first-order valence-electron chi connectivity index (χ1n) is 5.37. The number of carbonyl (C=O) groups excluding carboxylic acids is 1. The van der Waals surface area contributed by atoms with Crippen LogP contribution in [0.4, 0.5) is 5.69 Å². The third-order valence-electron chi connectivity index (χ3n) is 2.15. The normalized spacial score (nSPS) is 10.8. The molecule has 1 aromatic carbocycles. The van der Waals surface area contributed by atoms with Gasteiger partial charge in [0.25, 0.3) is 0 Å². The second-order valence-electron chi connectivity index (χ2n) is 5.02. The Balaban J connectivity index is 2.63. The molecule has 0 fully saturated rings. The summed E-state index contributed by atoms with van der Waals surface area (Å²) in [4.78, 5) is 14.4. The van der Waals surface area contributed by atoms with Crippen molar-refractivity contribution >= 4 is 11.5 Å². The van der Waals surface area contributed by atoms with E-state index in [1.165, 1.54) is 0 Å². The molecule has 0 radical (unpaired) electrons. The number of nitrogens with zero attached hydrogens (tertiary/aromatic N) is 4. The standard InChI is InChI=1S/C12H17N4O/c1-16(2,3)9-12(17)8-10-4-6-11(7-5-10)14-15-13/h4-7H,8-9H2,1-3H3/q+1. The van der Waals surface area contributed by atoms with Crippen LogP contribution in [0.2, 0.25) is 0 Å². The molecule has 0 heterocycles. The lowest BCUT2D eigenvalue weighted by Gasteiger charge is -2.22. The van der Waals surface area contributed by atoms with E-state index < -0.39 is 0 Å². The van der Waals surface area contributed by atoms with Crippen molar-refractivity contribution < 1.29 is 9.28 Å². The van der Waals surface area contributed by atoms with Gasteiger partial charge in [-0.3, -0.25) is 4.79 Å². The number of rotatable bonds is 5. The minimum atomic E-state index is 0.203. The van der Waals surface area contributed by atoms with Gasteiger partial charge in [-0.05, 0) is 11.1 Å². The van der Waals surface area contributed by atoms with Crippen molar-refractivity contribution in [2.75, 3.05) is 27.7 Å². The predicted octanol–water partition coefficient (Wildman–Crippen LogP) is 2.45. The SMILES string of the molecule is C[N+](C)(C)CC(=O)Cc1ccc(N=[N+]=[N-])cc1. The maximum Gasteiger partial charge on any atom is 0.191 e. The summed E-state index contributed by atoms with van der Waals surface area (Å²) in [5.74, 6) is 0.203. The van der Waals surface area contributed by atoms with Crippen LogP contribution in [0.25, 0.3) is 10.4 Å².